The molecule has 7 heteroatoms. The van der Waals surface area contributed by atoms with Gasteiger partial charge in [0, 0.05) is 18.5 Å². The number of nitrogen functional groups attached to an aromatic ring is 1. The molecule has 0 radical (unpaired) electrons. The van der Waals surface area contributed by atoms with Gasteiger partial charge in [0.2, 0.25) is 5.91 Å². The predicted octanol–water partition coefficient (Wildman–Crippen LogP) is 0.0871. The van der Waals surface area contributed by atoms with Crippen LogP contribution in [0.4, 0.5) is 11.6 Å². The number of hydrazine groups is 1. The zero-order valence-corrected chi connectivity index (χ0v) is 11.3. The van der Waals surface area contributed by atoms with Crippen LogP contribution in [0.1, 0.15) is 31.2 Å². The van der Waals surface area contributed by atoms with Crippen LogP contribution in [0.3, 0.4) is 0 Å². The minimum absolute atomic E-state index is 0.288. The van der Waals surface area contributed by atoms with Crippen LogP contribution in [-0.4, -0.2) is 28.5 Å². The van der Waals surface area contributed by atoms with Gasteiger partial charge in [-0.05, 0) is 19.8 Å². The molecule has 1 saturated heterocycles. The summed E-state index contributed by atoms with van der Waals surface area (Å²) in [4.78, 5) is 22.3. The quantitative estimate of drug-likeness (QED) is 0.525. The van der Waals surface area contributed by atoms with Crippen LogP contribution in [-0.2, 0) is 11.2 Å². The van der Waals surface area contributed by atoms with Crippen molar-refractivity contribution < 1.29 is 4.79 Å². The van der Waals surface area contributed by atoms with Crippen molar-refractivity contribution in [3.63, 3.8) is 0 Å². The molecule has 0 spiro atoms. The minimum Gasteiger partial charge on any atom is -0.368 e. The third kappa shape index (κ3) is 2.46. The molecule has 1 aromatic rings. The number of aryl methyl sites for hydroxylation is 1. The number of nitrogens with zero attached hydrogens (tertiary/aromatic N) is 3. The zero-order valence-electron chi connectivity index (χ0n) is 11.3. The number of nitrogens with two attached hydrogens (primary N) is 2. The fourth-order valence-electron chi connectivity index (χ4n) is 2.44. The summed E-state index contributed by atoms with van der Waals surface area (Å²) in [6, 6.07) is -0.288. The van der Waals surface area contributed by atoms with E-state index in [-0.39, 0.29) is 11.9 Å². The van der Waals surface area contributed by atoms with Crippen LogP contribution in [0.15, 0.2) is 0 Å². The molecule has 19 heavy (non-hydrogen) atoms. The molecule has 104 valence electrons. The molecule has 1 unspecified atom stereocenters. The van der Waals surface area contributed by atoms with E-state index in [1.54, 1.807) is 0 Å². The van der Waals surface area contributed by atoms with Crippen molar-refractivity contribution in [2.45, 2.75) is 39.2 Å². The Morgan fingerprint density at radius 2 is 2.26 bits per heavy atom. The highest BCUT2D eigenvalue weighted by Crippen LogP contribution is 2.29. The van der Waals surface area contributed by atoms with E-state index in [0.29, 0.717) is 18.1 Å². The number of primary amides is 1. The monoisotopic (exact) mass is 264 g/mol. The Bertz CT molecular complexity index is 489. The molecule has 1 aromatic heterocycles. The molecule has 1 amide bonds. The topological polar surface area (TPSA) is 110 Å². The van der Waals surface area contributed by atoms with Crippen molar-refractivity contribution in [3.8, 4) is 0 Å². The summed E-state index contributed by atoms with van der Waals surface area (Å²) < 4.78 is 0. The minimum atomic E-state index is -0.309. The molecule has 1 aliphatic heterocycles. The van der Waals surface area contributed by atoms with Crippen molar-refractivity contribution in [2.75, 3.05) is 16.9 Å². The zero-order chi connectivity index (χ0) is 14.0. The van der Waals surface area contributed by atoms with Crippen LogP contribution in [0.25, 0.3) is 0 Å². The Morgan fingerprint density at radius 3 is 2.84 bits per heavy atom. The van der Waals surface area contributed by atoms with Crippen LogP contribution in [0, 0.1) is 6.92 Å². The lowest BCUT2D eigenvalue weighted by molar-refractivity contribution is -0.119. The maximum atomic E-state index is 11.5. The second kappa shape index (κ2) is 5.40. The summed E-state index contributed by atoms with van der Waals surface area (Å²) >= 11 is 0. The van der Waals surface area contributed by atoms with E-state index in [9.17, 15) is 4.79 Å². The van der Waals surface area contributed by atoms with Gasteiger partial charge in [0.15, 0.2) is 0 Å². The summed E-state index contributed by atoms with van der Waals surface area (Å²) in [6.45, 7) is 4.64. The SMILES string of the molecule is CCc1nc(NN)c(C)c(N2CCCC2C(N)=O)n1. The molecule has 5 N–H and O–H groups in total. The molecular weight excluding hydrogens is 244 g/mol. The standard InChI is InChI=1S/C12H20N6O/c1-3-9-15-11(17-14)7(2)12(16-9)18-6-4-5-8(18)10(13)19/h8H,3-6,14H2,1-2H3,(H2,13,19)(H,15,16,17). The van der Waals surface area contributed by atoms with Gasteiger partial charge < -0.3 is 16.1 Å². The Labute approximate surface area is 112 Å². The number of carbonyl (C=O) groups excluding carboxylic acids is 1. The number of nitrogens with one attached hydrogen (secondary N) is 1. The first kappa shape index (κ1) is 13.5. The first-order chi connectivity index (χ1) is 9.08. The molecular formula is C12H20N6O. The number of hydrogen-bond acceptors (Lipinski definition) is 6. The summed E-state index contributed by atoms with van der Waals surface area (Å²) in [5.74, 6) is 7.22. The van der Waals surface area contributed by atoms with Gasteiger partial charge in [0.1, 0.15) is 23.5 Å². The summed E-state index contributed by atoms with van der Waals surface area (Å²) in [5, 5.41) is 0. The Kier molecular flexibility index (Phi) is 3.84. The fraction of sp³-hybridized carbons (Fsp3) is 0.583. The second-order valence-corrected chi connectivity index (χ2v) is 4.69. The molecule has 0 bridgehead atoms. The van der Waals surface area contributed by atoms with Crippen molar-refractivity contribution >= 4 is 17.5 Å². The third-order valence-electron chi connectivity index (χ3n) is 3.47. The summed E-state index contributed by atoms with van der Waals surface area (Å²) in [7, 11) is 0. The highest BCUT2D eigenvalue weighted by Gasteiger charge is 2.31. The van der Waals surface area contributed by atoms with E-state index in [1.807, 2.05) is 18.7 Å². The van der Waals surface area contributed by atoms with Crippen molar-refractivity contribution in [1.82, 2.24) is 9.97 Å². The lowest BCUT2D eigenvalue weighted by Crippen LogP contribution is -2.41. The Hall–Kier alpha value is -1.89. The van der Waals surface area contributed by atoms with Crippen LogP contribution in [0.2, 0.25) is 0 Å². The maximum absolute atomic E-state index is 11.5. The number of anilines is 2. The molecule has 1 fully saturated rings. The highest BCUT2D eigenvalue weighted by atomic mass is 16.1. The molecule has 7 nitrogen and oxygen atoms in total. The van der Waals surface area contributed by atoms with Gasteiger partial charge in [0.25, 0.3) is 0 Å². The smallest absolute Gasteiger partial charge is 0.240 e. The average molecular weight is 264 g/mol. The largest absolute Gasteiger partial charge is 0.368 e. The van der Waals surface area contributed by atoms with Gasteiger partial charge in [-0.2, -0.15) is 0 Å². The number of amides is 1. The van der Waals surface area contributed by atoms with Gasteiger partial charge in [-0.25, -0.2) is 15.8 Å². The van der Waals surface area contributed by atoms with E-state index >= 15 is 0 Å². The molecule has 2 heterocycles. The number of rotatable bonds is 4. The summed E-state index contributed by atoms with van der Waals surface area (Å²) in [5.41, 5.74) is 8.88. The van der Waals surface area contributed by atoms with E-state index in [1.165, 1.54) is 0 Å². The first-order valence-corrected chi connectivity index (χ1v) is 6.48. The number of hydrogen-bond donors (Lipinski definition) is 3. The van der Waals surface area contributed by atoms with E-state index < -0.39 is 0 Å². The fourth-order valence-corrected chi connectivity index (χ4v) is 2.44. The molecule has 1 aliphatic rings. The van der Waals surface area contributed by atoms with Crippen LogP contribution < -0.4 is 21.9 Å². The molecule has 2 rings (SSSR count). The number of carbonyl (C=O) groups is 1. The van der Waals surface area contributed by atoms with Crippen LogP contribution in [0.5, 0.6) is 0 Å². The predicted molar refractivity (Wildman–Crippen MR) is 73.5 cm³/mol. The van der Waals surface area contributed by atoms with Gasteiger partial charge >= 0.3 is 0 Å². The highest BCUT2D eigenvalue weighted by molar-refractivity contribution is 5.84. The maximum Gasteiger partial charge on any atom is 0.240 e. The molecule has 0 aliphatic carbocycles. The average Bonchev–Trinajstić information content (AvgIpc) is 2.88. The van der Waals surface area contributed by atoms with E-state index in [4.69, 9.17) is 11.6 Å². The van der Waals surface area contributed by atoms with Gasteiger partial charge in [-0.1, -0.05) is 6.92 Å². The lowest BCUT2D eigenvalue weighted by Gasteiger charge is -2.26. The normalized spacial score (nSPS) is 18.7. The van der Waals surface area contributed by atoms with E-state index in [0.717, 1.165) is 30.8 Å². The van der Waals surface area contributed by atoms with Gasteiger partial charge in [0.05, 0.1) is 0 Å². The van der Waals surface area contributed by atoms with Crippen LogP contribution >= 0.6 is 0 Å². The molecule has 0 aromatic carbocycles. The molecule has 0 saturated carbocycles. The second-order valence-electron chi connectivity index (χ2n) is 4.69. The van der Waals surface area contributed by atoms with Crippen molar-refractivity contribution in [2.24, 2.45) is 11.6 Å². The Morgan fingerprint density at radius 1 is 1.53 bits per heavy atom. The lowest BCUT2D eigenvalue weighted by atomic mass is 10.2. The van der Waals surface area contributed by atoms with Gasteiger partial charge in [-0.15, -0.1) is 0 Å². The van der Waals surface area contributed by atoms with Crippen molar-refractivity contribution in [3.05, 3.63) is 11.4 Å². The van der Waals surface area contributed by atoms with E-state index in [2.05, 4.69) is 15.4 Å². The number of aromatic nitrogens is 2. The molecule has 1 atom stereocenters. The third-order valence-corrected chi connectivity index (χ3v) is 3.47. The van der Waals surface area contributed by atoms with Gasteiger partial charge in [-0.3, -0.25) is 4.79 Å². The summed E-state index contributed by atoms with van der Waals surface area (Å²) in [6.07, 6.45) is 2.41. The van der Waals surface area contributed by atoms with Crippen molar-refractivity contribution in [1.29, 1.82) is 0 Å². The first-order valence-electron chi connectivity index (χ1n) is 6.48. The Balaban J connectivity index is 2.45.